The fourth-order valence-electron chi connectivity index (χ4n) is 10.7. The molecular weight excluding hydrogens is 835 g/mol. The van der Waals surface area contributed by atoms with Crippen LogP contribution in [0.4, 0.5) is 11.6 Å². The lowest BCUT2D eigenvalue weighted by Gasteiger charge is -2.28. The molecule has 4 heterocycles. The molecule has 0 amide bonds. The number of allylic oxidation sites excluding steroid dienone is 2. The standard InChI is InChI=1S/C61H39N5S/c1-3-16-41(17-4-1)60-62-53-35-34-49-51-37-42(33-36-55(51)65(58(49)59(53)67-60)43-19-5-2-6-20-43)46-25-14-26-48-47-22-10-12-28-54(47)66(57(46)48)61-63-52-27-11-9-23-50(52)56(64-61)40-31-29-39(30-32-40)45-24-13-18-38-15-7-8-21-44(38)45/h1-37,47,54H. The van der Waals surface area contributed by atoms with Crippen molar-refractivity contribution < 1.29 is 0 Å². The quantitative estimate of drug-likeness (QED) is 0.167. The Kier molecular flexibility index (Phi) is 8.51. The first-order chi connectivity index (χ1) is 33.2. The number of para-hydroxylation sites is 3. The molecule has 0 fully saturated rings. The Bertz CT molecular complexity index is 3990. The van der Waals surface area contributed by atoms with E-state index in [-0.39, 0.29) is 12.0 Å². The summed E-state index contributed by atoms with van der Waals surface area (Å²) < 4.78 is 3.61. The third-order valence-corrected chi connectivity index (χ3v) is 14.9. The molecule has 3 aromatic heterocycles. The topological polar surface area (TPSA) is 46.8 Å². The van der Waals surface area contributed by atoms with E-state index < -0.39 is 0 Å². The summed E-state index contributed by atoms with van der Waals surface area (Å²) in [5.74, 6) is 0.831. The minimum Gasteiger partial charge on any atom is -0.308 e. The van der Waals surface area contributed by atoms with Gasteiger partial charge < -0.3 is 9.47 Å². The summed E-state index contributed by atoms with van der Waals surface area (Å²) >= 11 is 1.76. The molecule has 0 spiro atoms. The molecule has 2 unspecified atom stereocenters. The van der Waals surface area contributed by atoms with E-state index in [4.69, 9.17) is 15.0 Å². The molecule has 5 nitrogen and oxygen atoms in total. The number of fused-ring (bicyclic) bond motifs is 10. The Hall–Kier alpha value is -8.45. The second-order valence-corrected chi connectivity index (χ2v) is 18.5. The average molecular weight is 874 g/mol. The largest absolute Gasteiger partial charge is 0.308 e. The SMILES string of the molecule is C1=CC2c3cccc(-c4ccc5c(c4)c4ccc6nc(-c7ccccc7)sc6c4n5-c4ccccc4)c3N(c3nc(-c4ccc(-c5cccc6ccccc56)cc4)c4ccccc4n3)C2C=C1. The molecule has 2 aliphatic rings. The molecule has 14 rings (SSSR count). The van der Waals surface area contributed by atoms with Crippen LogP contribution in [-0.2, 0) is 0 Å². The second-order valence-electron chi connectivity index (χ2n) is 17.5. The number of hydrogen-bond donors (Lipinski definition) is 0. The molecule has 12 aromatic rings. The van der Waals surface area contributed by atoms with Crippen molar-refractivity contribution in [3.63, 3.8) is 0 Å². The lowest BCUT2D eigenvalue weighted by atomic mass is 9.90. The van der Waals surface area contributed by atoms with Gasteiger partial charge in [-0.3, -0.25) is 0 Å². The second kappa shape index (κ2) is 15.1. The Balaban J connectivity index is 0.942. The van der Waals surface area contributed by atoms with Crippen LogP contribution < -0.4 is 4.90 Å². The van der Waals surface area contributed by atoms with Gasteiger partial charge in [0.2, 0.25) is 5.95 Å². The third kappa shape index (κ3) is 5.96. The number of hydrogen-bond acceptors (Lipinski definition) is 5. The first-order valence-corrected chi connectivity index (χ1v) is 23.7. The summed E-state index contributed by atoms with van der Waals surface area (Å²) in [7, 11) is 0. The zero-order chi connectivity index (χ0) is 44.0. The maximum Gasteiger partial charge on any atom is 0.231 e. The van der Waals surface area contributed by atoms with Crippen LogP contribution in [-0.4, -0.2) is 25.6 Å². The van der Waals surface area contributed by atoms with Gasteiger partial charge in [0.25, 0.3) is 0 Å². The van der Waals surface area contributed by atoms with E-state index >= 15 is 0 Å². The van der Waals surface area contributed by atoms with E-state index in [9.17, 15) is 0 Å². The van der Waals surface area contributed by atoms with Gasteiger partial charge in [0.15, 0.2) is 0 Å². The summed E-state index contributed by atoms with van der Waals surface area (Å²) in [4.78, 5) is 18.5. The minimum atomic E-state index is 0.00560. The van der Waals surface area contributed by atoms with Crippen LogP contribution in [0.3, 0.4) is 0 Å². The molecule has 9 aromatic carbocycles. The van der Waals surface area contributed by atoms with Crippen LogP contribution in [0.1, 0.15) is 11.5 Å². The summed E-state index contributed by atoms with van der Waals surface area (Å²) in [5.41, 5.74) is 15.6. The van der Waals surface area contributed by atoms with Gasteiger partial charge in [0.05, 0.1) is 44.2 Å². The molecule has 0 saturated carbocycles. The number of anilines is 2. The first-order valence-electron chi connectivity index (χ1n) is 22.8. The van der Waals surface area contributed by atoms with Crippen molar-refractivity contribution in [2.24, 2.45) is 0 Å². The van der Waals surface area contributed by atoms with Crippen molar-refractivity contribution in [1.82, 2.24) is 19.5 Å². The molecule has 0 N–H and O–H groups in total. The van der Waals surface area contributed by atoms with Gasteiger partial charge in [-0.25, -0.2) is 15.0 Å². The Morgan fingerprint density at radius 1 is 0.463 bits per heavy atom. The summed E-state index contributed by atoms with van der Waals surface area (Å²) in [6.07, 6.45) is 9.00. The van der Waals surface area contributed by atoms with Crippen molar-refractivity contribution in [2.75, 3.05) is 4.90 Å². The molecule has 0 radical (unpaired) electrons. The van der Waals surface area contributed by atoms with Crippen LogP contribution in [0.5, 0.6) is 0 Å². The average Bonchev–Trinajstić information content (AvgIpc) is 4.09. The van der Waals surface area contributed by atoms with Crippen LogP contribution in [0.25, 0.3) is 103 Å². The van der Waals surface area contributed by atoms with E-state index in [0.717, 1.165) is 66.3 Å². The van der Waals surface area contributed by atoms with Gasteiger partial charge in [-0.2, -0.15) is 0 Å². The number of aromatic nitrogens is 4. The van der Waals surface area contributed by atoms with Crippen molar-refractivity contribution >= 4 is 76.7 Å². The molecule has 1 aliphatic heterocycles. The van der Waals surface area contributed by atoms with Gasteiger partial charge in [0, 0.05) is 44.5 Å². The Labute approximate surface area is 390 Å². The predicted molar refractivity (Wildman–Crippen MR) is 280 cm³/mol. The molecule has 6 heteroatoms. The van der Waals surface area contributed by atoms with Crippen molar-refractivity contribution in [3.8, 4) is 49.8 Å². The lowest BCUT2D eigenvalue weighted by Crippen LogP contribution is -2.30. The maximum atomic E-state index is 5.56. The molecule has 67 heavy (non-hydrogen) atoms. The zero-order valence-corrected chi connectivity index (χ0v) is 37.0. The molecule has 2 atom stereocenters. The Morgan fingerprint density at radius 3 is 2.06 bits per heavy atom. The number of rotatable bonds is 6. The van der Waals surface area contributed by atoms with Crippen molar-refractivity contribution in [1.29, 1.82) is 0 Å². The zero-order valence-electron chi connectivity index (χ0n) is 36.2. The maximum absolute atomic E-state index is 5.56. The highest BCUT2D eigenvalue weighted by atomic mass is 32.1. The van der Waals surface area contributed by atoms with Gasteiger partial charge >= 0.3 is 0 Å². The highest BCUT2D eigenvalue weighted by Crippen LogP contribution is 2.52. The van der Waals surface area contributed by atoms with E-state index in [2.05, 4.69) is 234 Å². The van der Waals surface area contributed by atoms with Crippen LogP contribution in [0.15, 0.2) is 224 Å². The van der Waals surface area contributed by atoms with Crippen LogP contribution in [0, 0.1) is 0 Å². The number of nitrogens with zero attached hydrogens (tertiary/aromatic N) is 5. The van der Waals surface area contributed by atoms with Gasteiger partial charge in [0.1, 0.15) is 5.01 Å². The first kappa shape index (κ1) is 37.9. The van der Waals surface area contributed by atoms with Gasteiger partial charge in [-0.05, 0) is 75.5 Å². The molecule has 0 bridgehead atoms. The monoisotopic (exact) mass is 873 g/mol. The summed E-state index contributed by atoms with van der Waals surface area (Å²) in [5, 5.41) is 6.93. The van der Waals surface area contributed by atoms with E-state index in [1.807, 2.05) is 0 Å². The molecule has 0 saturated heterocycles. The van der Waals surface area contributed by atoms with Crippen molar-refractivity contribution in [2.45, 2.75) is 12.0 Å². The van der Waals surface area contributed by atoms with Crippen LogP contribution >= 0.6 is 11.3 Å². The molecular formula is C61H39N5S. The summed E-state index contributed by atoms with van der Waals surface area (Å²) in [6, 6.07) is 71.9. The van der Waals surface area contributed by atoms with Crippen LogP contribution in [0.2, 0.25) is 0 Å². The van der Waals surface area contributed by atoms with E-state index in [1.54, 1.807) is 11.3 Å². The fourth-order valence-corrected chi connectivity index (χ4v) is 11.8. The van der Waals surface area contributed by atoms with Gasteiger partial charge in [-0.15, -0.1) is 11.3 Å². The highest BCUT2D eigenvalue weighted by molar-refractivity contribution is 7.22. The molecule has 314 valence electrons. The number of thiazole rings is 1. The minimum absolute atomic E-state index is 0.00560. The molecule has 1 aliphatic carbocycles. The fraction of sp³-hybridized carbons (Fsp3) is 0.0328. The highest BCUT2D eigenvalue weighted by Gasteiger charge is 2.41. The Morgan fingerprint density at radius 2 is 1.18 bits per heavy atom. The van der Waals surface area contributed by atoms with Crippen molar-refractivity contribution in [3.05, 3.63) is 230 Å². The van der Waals surface area contributed by atoms with E-state index in [1.165, 1.54) is 48.5 Å². The van der Waals surface area contributed by atoms with E-state index in [0.29, 0.717) is 5.95 Å². The smallest absolute Gasteiger partial charge is 0.231 e. The summed E-state index contributed by atoms with van der Waals surface area (Å²) in [6.45, 7) is 0. The lowest BCUT2D eigenvalue weighted by molar-refractivity contribution is 0.731. The number of benzene rings is 9. The van der Waals surface area contributed by atoms with Gasteiger partial charge in [-0.1, -0.05) is 182 Å². The third-order valence-electron chi connectivity index (χ3n) is 13.8. The predicted octanol–water partition coefficient (Wildman–Crippen LogP) is 15.9. The normalized spacial score (nSPS) is 15.3.